The summed E-state index contributed by atoms with van der Waals surface area (Å²) in [7, 11) is 0. The van der Waals surface area contributed by atoms with Crippen molar-refractivity contribution < 1.29 is 0 Å². The minimum atomic E-state index is -0.223. The molecule has 2 aliphatic rings. The lowest BCUT2D eigenvalue weighted by molar-refractivity contribution is 0.756. The van der Waals surface area contributed by atoms with Crippen molar-refractivity contribution in [3.05, 3.63) is 21.7 Å². The molecule has 0 radical (unpaired) electrons. The molecule has 0 amide bonds. The molecule has 0 bridgehead atoms. The zero-order valence-corrected chi connectivity index (χ0v) is 8.55. The Morgan fingerprint density at radius 1 is 1.20 bits per heavy atom. The summed E-state index contributed by atoms with van der Waals surface area (Å²) < 4.78 is 0. The van der Waals surface area contributed by atoms with Crippen LogP contribution in [0.3, 0.4) is 0 Å². The predicted molar refractivity (Wildman–Crippen MR) is 56.8 cm³/mol. The van der Waals surface area contributed by atoms with E-state index in [1.807, 2.05) is 0 Å². The second-order valence-electron chi connectivity index (χ2n) is 4.12. The van der Waals surface area contributed by atoms with Gasteiger partial charge in [-0.25, -0.2) is 4.79 Å². The van der Waals surface area contributed by atoms with E-state index >= 15 is 0 Å². The molecular formula is C10H14N4O. The van der Waals surface area contributed by atoms with Crippen molar-refractivity contribution in [1.82, 2.24) is 15.3 Å². The Balaban J connectivity index is 2.09. The molecule has 2 N–H and O–H groups in total. The zero-order valence-electron chi connectivity index (χ0n) is 8.55. The highest BCUT2D eigenvalue weighted by Crippen LogP contribution is 2.25. The largest absolute Gasteiger partial charge is 0.356 e. The Bertz CT molecular complexity index is 434. The molecule has 15 heavy (non-hydrogen) atoms. The first-order valence-electron chi connectivity index (χ1n) is 5.42. The molecule has 5 nitrogen and oxygen atoms in total. The molecule has 1 fully saturated rings. The zero-order chi connectivity index (χ0) is 10.3. The molecular weight excluding hydrogens is 192 g/mol. The van der Waals surface area contributed by atoms with Crippen LogP contribution in [0.4, 0.5) is 5.82 Å². The van der Waals surface area contributed by atoms with E-state index in [9.17, 15) is 4.79 Å². The average Bonchev–Trinajstić information content (AvgIpc) is 2.86. The first-order chi connectivity index (χ1) is 7.34. The number of anilines is 1. The van der Waals surface area contributed by atoms with Gasteiger partial charge in [0, 0.05) is 37.4 Å². The fourth-order valence-corrected chi connectivity index (χ4v) is 2.37. The Morgan fingerprint density at radius 3 is 2.80 bits per heavy atom. The molecule has 0 saturated carbocycles. The molecule has 2 aliphatic heterocycles. The van der Waals surface area contributed by atoms with Crippen LogP contribution in [0.15, 0.2) is 4.79 Å². The number of nitrogens with zero attached hydrogens (tertiary/aromatic N) is 2. The van der Waals surface area contributed by atoms with Gasteiger partial charge < -0.3 is 15.2 Å². The van der Waals surface area contributed by atoms with Crippen LogP contribution in [-0.4, -0.2) is 23.1 Å². The van der Waals surface area contributed by atoms with Crippen molar-refractivity contribution in [1.29, 1.82) is 0 Å². The maximum Gasteiger partial charge on any atom is 0.347 e. The van der Waals surface area contributed by atoms with Crippen molar-refractivity contribution in [2.24, 2.45) is 0 Å². The monoisotopic (exact) mass is 206 g/mol. The summed E-state index contributed by atoms with van der Waals surface area (Å²) in [5.74, 6) is 0.899. The van der Waals surface area contributed by atoms with Gasteiger partial charge in [0.2, 0.25) is 0 Å². The highest BCUT2D eigenvalue weighted by atomic mass is 16.1. The summed E-state index contributed by atoms with van der Waals surface area (Å²) in [6, 6.07) is 0. The number of rotatable bonds is 1. The highest BCUT2D eigenvalue weighted by Gasteiger charge is 2.23. The summed E-state index contributed by atoms with van der Waals surface area (Å²) in [5.41, 5.74) is 1.97. The van der Waals surface area contributed by atoms with Gasteiger partial charge in [0.25, 0.3) is 0 Å². The molecule has 1 aromatic heterocycles. The van der Waals surface area contributed by atoms with Crippen LogP contribution in [0.2, 0.25) is 0 Å². The number of nitrogens with one attached hydrogen (secondary N) is 2. The van der Waals surface area contributed by atoms with Gasteiger partial charge in [-0.05, 0) is 12.8 Å². The van der Waals surface area contributed by atoms with Crippen LogP contribution < -0.4 is 15.9 Å². The van der Waals surface area contributed by atoms with Crippen molar-refractivity contribution in [2.45, 2.75) is 25.9 Å². The van der Waals surface area contributed by atoms with E-state index in [4.69, 9.17) is 0 Å². The van der Waals surface area contributed by atoms with Crippen molar-refractivity contribution in [3.63, 3.8) is 0 Å². The van der Waals surface area contributed by atoms with E-state index in [2.05, 4.69) is 20.2 Å². The van der Waals surface area contributed by atoms with Crippen LogP contribution >= 0.6 is 0 Å². The van der Waals surface area contributed by atoms with Gasteiger partial charge in [-0.3, -0.25) is 0 Å². The summed E-state index contributed by atoms with van der Waals surface area (Å²) >= 11 is 0. The molecule has 1 aromatic rings. The lowest BCUT2D eigenvalue weighted by Crippen LogP contribution is -2.25. The topological polar surface area (TPSA) is 61.0 Å². The first-order valence-corrected chi connectivity index (χ1v) is 5.42. The minimum absolute atomic E-state index is 0.223. The second-order valence-corrected chi connectivity index (χ2v) is 4.12. The summed E-state index contributed by atoms with van der Waals surface area (Å²) in [6.45, 7) is 3.64. The van der Waals surface area contributed by atoms with Crippen molar-refractivity contribution in [2.75, 3.05) is 18.0 Å². The maximum absolute atomic E-state index is 11.4. The average molecular weight is 206 g/mol. The lowest BCUT2D eigenvalue weighted by Gasteiger charge is -2.18. The lowest BCUT2D eigenvalue weighted by atomic mass is 10.2. The molecule has 0 spiro atoms. The standard InChI is InChI=1S/C10H14N4O/c15-10-12-8-6-11-5-7(8)9(13-10)14-3-1-2-4-14/h11H,1-6H2,(H,12,13,15). The number of aromatic amines is 1. The molecule has 1 saturated heterocycles. The van der Waals surface area contributed by atoms with Gasteiger partial charge in [-0.15, -0.1) is 0 Å². The molecule has 5 heteroatoms. The summed E-state index contributed by atoms with van der Waals surface area (Å²) in [6.07, 6.45) is 2.41. The fourth-order valence-electron chi connectivity index (χ4n) is 2.37. The number of hydrogen-bond acceptors (Lipinski definition) is 4. The Kier molecular flexibility index (Phi) is 1.98. The fraction of sp³-hybridized carbons (Fsp3) is 0.600. The smallest absolute Gasteiger partial charge is 0.347 e. The molecule has 0 unspecified atom stereocenters. The molecule has 0 aromatic carbocycles. The Morgan fingerprint density at radius 2 is 2.00 bits per heavy atom. The van der Waals surface area contributed by atoms with E-state index in [1.54, 1.807) is 0 Å². The predicted octanol–water partition coefficient (Wildman–Crippen LogP) is -0.0267. The van der Waals surface area contributed by atoms with Crippen LogP contribution in [-0.2, 0) is 13.1 Å². The van der Waals surface area contributed by atoms with Gasteiger partial charge in [-0.1, -0.05) is 0 Å². The summed E-state index contributed by atoms with van der Waals surface area (Å²) in [4.78, 5) is 20.5. The SMILES string of the molecule is O=c1nc(N2CCCC2)c2c([nH]1)CNC2. The van der Waals surface area contributed by atoms with Gasteiger partial charge >= 0.3 is 5.69 Å². The minimum Gasteiger partial charge on any atom is -0.356 e. The number of H-pyrrole nitrogens is 1. The highest BCUT2D eigenvalue weighted by molar-refractivity contribution is 5.50. The molecule has 0 aliphatic carbocycles. The van der Waals surface area contributed by atoms with E-state index in [0.717, 1.165) is 37.7 Å². The van der Waals surface area contributed by atoms with E-state index in [-0.39, 0.29) is 5.69 Å². The van der Waals surface area contributed by atoms with E-state index < -0.39 is 0 Å². The van der Waals surface area contributed by atoms with Gasteiger partial charge in [0.15, 0.2) is 0 Å². The quantitative estimate of drug-likeness (QED) is 0.677. The van der Waals surface area contributed by atoms with E-state index in [1.165, 1.54) is 18.4 Å². The van der Waals surface area contributed by atoms with E-state index in [0.29, 0.717) is 0 Å². The van der Waals surface area contributed by atoms with Crippen LogP contribution in [0.25, 0.3) is 0 Å². The van der Waals surface area contributed by atoms with Gasteiger partial charge in [0.1, 0.15) is 5.82 Å². The summed E-state index contributed by atoms with van der Waals surface area (Å²) in [5, 5.41) is 3.24. The first kappa shape index (κ1) is 8.91. The van der Waals surface area contributed by atoms with Crippen LogP contribution in [0.5, 0.6) is 0 Å². The number of fused-ring (bicyclic) bond motifs is 1. The van der Waals surface area contributed by atoms with Crippen molar-refractivity contribution in [3.8, 4) is 0 Å². The third kappa shape index (κ3) is 1.43. The second kappa shape index (κ2) is 3.34. The molecule has 3 rings (SSSR count). The van der Waals surface area contributed by atoms with Crippen LogP contribution in [0.1, 0.15) is 24.1 Å². The maximum atomic E-state index is 11.4. The van der Waals surface area contributed by atoms with Gasteiger partial charge in [-0.2, -0.15) is 4.98 Å². The number of aromatic nitrogens is 2. The Labute approximate surface area is 87.5 Å². The third-order valence-electron chi connectivity index (χ3n) is 3.11. The molecule has 3 heterocycles. The molecule has 80 valence electrons. The normalized spacial score (nSPS) is 19.6. The van der Waals surface area contributed by atoms with Crippen molar-refractivity contribution >= 4 is 5.82 Å². The third-order valence-corrected chi connectivity index (χ3v) is 3.11. The molecule has 0 atom stereocenters. The van der Waals surface area contributed by atoms with Crippen LogP contribution in [0, 0.1) is 0 Å². The Hall–Kier alpha value is -1.36. The number of hydrogen-bond donors (Lipinski definition) is 2. The van der Waals surface area contributed by atoms with Gasteiger partial charge in [0.05, 0.1) is 0 Å².